The third-order valence-corrected chi connectivity index (χ3v) is 4.16. The second kappa shape index (κ2) is 7.00. The van der Waals surface area contributed by atoms with E-state index in [1.807, 2.05) is 0 Å². The number of hydrogen-bond donors (Lipinski definition) is 2. The van der Waals surface area contributed by atoms with Crippen molar-refractivity contribution in [3.05, 3.63) is 29.1 Å². The third-order valence-electron chi connectivity index (χ3n) is 3.12. The number of amides is 1. The standard InChI is InChI=1S/C14H21FN2O3S/c1-9(2)5-4-6-17-14(18)12-7-11(15)8-13(10(12)3)21(16,19)20/h7-9H,4-6H2,1-3H3,(H,17,18)(H2,16,19,20). The van der Waals surface area contributed by atoms with Crippen molar-refractivity contribution in [1.82, 2.24) is 5.32 Å². The van der Waals surface area contributed by atoms with Gasteiger partial charge in [-0.25, -0.2) is 17.9 Å². The first kappa shape index (κ1) is 17.6. The third kappa shape index (κ3) is 5.09. The van der Waals surface area contributed by atoms with Gasteiger partial charge in [-0.2, -0.15) is 0 Å². The van der Waals surface area contributed by atoms with E-state index in [2.05, 4.69) is 19.2 Å². The van der Waals surface area contributed by atoms with Gasteiger partial charge in [-0.05, 0) is 43.4 Å². The monoisotopic (exact) mass is 316 g/mol. The van der Waals surface area contributed by atoms with Crippen LogP contribution < -0.4 is 10.5 Å². The van der Waals surface area contributed by atoms with Crippen molar-refractivity contribution in [1.29, 1.82) is 0 Å². The van der Waals surface area contributed by atoms with Gasteiger partial charge in [0, 0.05) is 12.1 Å². The summed E-state index contributed by atoms with van der Waals surface area (Å²) in [6.07, 6.45) is 1.77. The van der Waals surface area contributed by atoms with Gasteiger partial charge in [-0.3, -0.25) is 4.79 Å². The van der Waals surface area contributed by atoms with E-state index in [9.17, 15) is 17.6 Å². The summed E-state index contributed by atoms with van der Waals surface area (Å²) in [6.45, 7) is 6.05. The first-order chi connectivity index (χ1) is 9.62. The van der Waals surface area contributed by atoms with E-state index < -0.39 is 21.7 Å². The molecule has 0 aromatic heterocycles. The molecule has 0 unspecified atom stereocenters. The number of carbonyl (C=O) groups is 1. The van der Waals surface area contributed by atoms with Crippen LogP contribution in [0, 0.1) is 18.7 Å². The van der Waals surface area contributed by atoms with Crippen molar-refractivity contribution in [2.24, 2.45) is 11.1 Å². The van der Waals surface area contributed by atoms with Crippen molar-refractivity contribution in [2.45, 2.75) is 38.5 Å². The number of primary sulfonamides is 1. The van der Waals surface area contributed by atoms with Crippen LogP contribution in [0.25, 0.3) is 0 Å². The summed E-state index contributed by atoms with van der Waals surface area (Å²) in [5, 5.41) is 7.68. The molecule has 0 aliphatic heterocycles. The van der Waals surface area contributed by atoms with E-state index in [1.165, 1.54) is 6.92 Å². The Morgan fingerprint density at radius 3 is 2.52 bits per heavy atom. The largest absolute Gasteiger partial charge is 0.352 e. The molecule has 0 saturated heterocycles. The van der Waals surface area contributed by atoms with Crippen molar-refractivity contribution in [3.8, 4) is 0 Å². The summed E-state index contributed by atoms with van der Waals surface area (Å²) >= 11 is 0. The van der Waals surface area contributed by atoms with E-state index >= 15 is 0 Å². The van der Waals surface area contributed by atoms with Crippen molar-refractivity contribution < 1.29 is 17.6 Å². The molecule has 0 spiro atoms. The van der Waals surface area contributed by atoms with E-state index in [0.717, 1.165) is 25.0 Å². The molecule has 1 aromatic rings. The molecule has 0 atom stereocenters. The Hall–Kier alpha value is -1.47. The normalized spacial score (nSPS) is 11.7. The van der Waals surface area contributed by atoms with Crippen molar-refractivity contribution >= 4 is 15.9 Å². The molecule has 0 aliphatic carbocycles. The fraction of sp³-hybridized carbons (Fsp3) is 0.500. The molecule has 21 heavy (non-hydrogen) atoms. The molecule has 5 nitrogen and oxygen atoms in total. The molecule has 1 rings (SSSR count). The van der Waals surface area contributed by atoms with Gasteiger partial charge in [0.25, 0.3) is 5.91 Å². The zero-order valence-corrected chi connectivity index (χ0v) is 13.3. The minimum Gasteiger partial charge on any atom is -0.352 e. The smallest absolute Gasteiger partial charge is 0.251 e. The molecule has 0 saturated carbocycles. The maximum absolute atomic E-state index is 13.5. The van der Waals surface area contributed by atoms with Crippen LogP contribution in [0.5, 0.6) is 0 Å². The number of carbonyl (C=O) groups excluding carboxylic acids is 1. The summed E-state index contributed by atoms with van der Waals surface area (Å²) in [5.41, 5.74) is 0.142. The minimum absolute atomic E-state index is 0.0106. The SMILES string of the molecule is Cc1c(C(=O)NCCCC(C)C)cc(F)cc1S(N)(=O)=O. The molecule has 0 heterocycles. The van der Waals surface area contributed by atoms with E-state index in [4.69, 9.17) is 5.14 Å². The predicted octanol–water partition coefficient (Wildman–Crippen LogP) is 1.95. The van der Waals surface area contributed by atoms with E-state index in [1.54, 1.807) is 0 Å². The molecule has 1 amide bonds. The Morgan fingerprint density at radius 2 is 2.00 bits per heavy atom. The zero-order chi connectivity index (χ0) is 16.2. The lowest BCUT2D eigenvalue weighted by molar-refractivity contribution is 0.0951. The molecule has 0 fully saturated rings. The van der Waals surface area contributed by atoms with Crippen LogP contribution in [0.4, 0.5) is 4.39 Å². The lowest BCUT2D eigenvalue weighted by atomic mass is 10.1. The summed E-state index contributed by atoms with van der Waals surface area (Å²) in [5.74, 6) is -0.774. The van der Waals surface area contributed by atoms with Gasteiger partial charge in [0.15, 0.2) is 0 Å². The molecule has 3 N–H and O–H groups in total. The number of rotatable bonds is 6. The van der Waals surface area contributed by atoms with Crippen LogP contribution in [0.15, 0.2) is 17.0 Å². The van der Waals surface area contributed by atoms with E-state index in [0.29, 0.717) is 12.5 Å². The second-order valence-electron chi connectivity index (χ2n) is 5.41. The molecule has 7 heteroatoms. The number of hydrogen-bond acceptors (Lipinski definition) is 3. The molecule has 0 radical (unpaired) electrons. The maximum Gasteiger partial charge on any atom is 0.251 e. The van der Waals surface area contributed by atoms with Gasteiger partial charge in [-0.15, -0.1) is 0 Å². The molecular weight excluding hydrogens is 295 g/mol. The van der Waals surface area contributed by atoms with Crippen LogP contribution >= 0.6 is 0 Å². The predicted molar refractivity (Wildman–Crippen MR) is 78.9 cm³/mol. The number of benzene rings is 1. The summed E-state index contributed by atoms with van der Waals surface area (Å²) in [7, 11) is -4.07. The van der Waals surface area contributed by atoms with Crippen LogP contribution in [0.1, 0.15) is 42.6 Å². The Morgan fingerprint density at radius 1 is 1.38 bits per heavy atom. The topological polar surface area (TPSA) is 89.3 Å². The molecule has 0 aliphatic rings. The van der Waals surface area contributed by atoms with E-state index in [-0.39, 0.29) is 16.0 Å². The average Bonchev–Trinajstić information content (AvgIpc) is 2.35. The van der Waals surface area contributed by atoms with Crippen LogP contribution in [-0.4, -0.2) is 20.9 Å². The van der Waals surface area contributed by atoms with Crippen LogP contribution in [0.3, 0.4) is 0 Å². The van der Waals surface area contributed by atoms with Gasteiger partial charge >= 0.3 is 0 Å². The Bertz CT molecular complexity index is 627. The highest BCUT2D eigenvalue weighted by molar-refractivity contribution is 7.89. The summed E-state index contributed by atoms with van der Waals surface area (Å²) in [4.78, 5) is 11.7. The average molecular weight is 316 g/mol. The van der Waals surface area contributed by atoms with Crippen molar-refractivity contribution in [3.63, 3.8) is 0 Å². The lowest BCUT2D eigenvalue weighted by Gasteiger charge is -2.11. The molecular formula is C14H21FN2O3S. The Balaban J connectivity index is 2.93. The maximum atomic E-state index is 13.5. The highest BCUT2D eigenvalue weighted by Crippen LogP contribution is 2.20. The fourth-order valence-corrected chi connectivity index (χ4v) is 2.81. The van der Waals surface area contributed by atoms with Gasteiger partial charge < -0.3 is 5.32 Å². The summed E-state index contributed by atoms with van der Waals surface area (Å²) < 4.78 is 36.3. The molecule has 118 valence electrons. The minimum atomic E-state index is -4.07. The molecule has 0 bridgehead atoms. The van der Waals surface area contributed by atoms with Gasteiger partial charge in [0.2, 0.25) is 10.0 Å². The first-order valence-electron chi connectivity index (χ1n) is 6.74. The zero-order valence-electron chi connectivity index (χ0n) is 12.4. The van der Waals surface area contributed by atoms with Crippen molar-refractivity contribution in [2.75, 3.05) is 6.54 Å². The lowest BCUT2D eigenvalue weighted by Crippen LogP contribution is -2.26. The number of nitrogens with one attached hydrogen (secondary N) is 1. The fourth-order valence-electron chi connectivity index (χ4n) is 1.99. The van der Waals surface area contributed by atoms with Gasteiger partial charge in [0.05, 0.1) is 4.90 Å². The second-order valence-corrected chi connectivity index (χ2v) is 6.94. The Kier molecular flexibility index (Phi) is 5.86. The van der Waals surface area contributed by atoms with Crippen LogP contribution in [-0.2, 0) is 10.0 Å². The highest BCUT2D eigenvalue weighted by atomic mass is 32.2. The quantitative estimate of drug-likeness (QED) is 0.786. The first-order valence-corrected chi connectivity index (χ1v) is 8.28. The number of halogens is 1. The Labute approximate surface area is 124 Å². The van der Waals surface area contributed by atoms with Crippen LogP contribution in [0.2, 0.25) is 0 Å². The summed E-state index contributed by atoms with van der Waals surface area (Å²) in [6, 6.07) is 1.84. The number of nitrogens with two attached hydrogens (primary N) is 1. The number of sulfonamides is 1. The highest BCUT2D eigenvalue weighted by Gasteiger charge is 2.19. The van der Waals surface area contributed by atoms with Gasteiger partial charge in [0.1, 0.15) is 5.82 Å². The van der Waals surface area contributed by atoms with Gasteiger partial charge in [-0.1, -0.05) is 13.8 Å². The molecule has 1 aromatic carbocycles.